The van der Waals surface area contributed by atoms with E-state index in [0.29, 0.717) is 18.5 Å². The van der Waals surface area contributed by atoms with Gasteiger partial charge in [0.05, 0.1) is 23.5 Å². The molecule has 5 heterocycles. The molecule has 3 amide bonds. The molecule has 0 bridgehead atoms. The van der Waals surface area contributed by atoms with Crippen molar-refractivity contribution in [1.82, 2.24) is 30.0 Å². The summed E-state index contributed by atoms with van der Waals surface area (Å²) in [5.41, 5.74) is 2.55. The van der Waals surface area contributed by atoms with Crippen molar-refractivity contribution in [3.63, 3.8) is 0 Å². The van der Waals surface area contributed by atoms with Gasteiger partial charge < -0.3 is 20.0 Å². The number of amides is 3. The molecule has 1 unspecified atom stereocenters. The van der Waals surface area contributed by atoms with Crippen LogP contribution in [0.15, 0.2) is 83.7 Å². The molecule has 0 saturated carbocycles. The first-order chi connectivity index (χ1) is 26.4. The number of imide groups is 1. The fraction of sp³-hybridized carbons (Fsp3) is 0.297. The van der Waals surface area contributed by atoms with Gasteiger partial charge in [0.15, 0.2) is 11.4 Å². The third-order valence-corrected chi connectivity index (χ3v) is 9.29. The minimum atomic E-state index is -4.46. The number of nitrogens with one attached hydrogen (secondary N) is 3. The second-order valence-corrected chi connectivity index (χ2v) is 13.1. The van der Waals surface area contributed by atoms with Crippen LogP contribution in [0.4, 0.5) is 39.1 Å². The largest absolute Gasteiger partial charge is 0.444 e. The highest BCUT2D eigenvalue weighted by atomic mass is 19.4. The summed E-state index contributed by atoms with van der Waals surface area (Å²) >= 11 is 0. The average molecular weight is 764 g/mol. The number of nitrogens with zero attached hydrogens (tertiary/aromatic N) is 6. The molecule has 2 fully saturated rings. The van der Waals surface area contributed by atoms with Gasteiger partial charge in [-0.2, -0.15) is 18.3 Å². The average Bonchev–Trinajstić information content (AvgIpc) is 3.84. The molecular weight excluding hydrogens is 729 g/mol. The summed E-state index contributed by atoms with van der Waals surface area (Å²) in [5.74, 6) is -1.84. The van der Waals surface area contributed by atoms with Crippen LogP contribution in [-0.4, -0.2) is 81.3 Å². The van der Waals surface area contributed by atoms with Crippen molar-refractivity contribution >= 4 is 34.9 Å². The van der Waals surface area contributed by atoms with Crippen LogP contribution in [0.2, 0.25) is 0 Å². The number of piperazine rings is 1. The van der Waals surface area contributed by atoms with Crippen LogP contribution in [0.25, 0.3) is 17.1 Å². The topological polar surface area (TPSA) is 151 Å². The van der Waals surface area contributed by atoms with Crippen molar-refractivity contribution in [2.45, 2.75) is 37.9 Å². The van der Waals surface area contributed by atoms with E-state index in [1.807, 2.05) is 36.4 Å². The maximum Gasteiger partial charge on any atom is 0.405 e. The second kappa shape index (κ2) is 15.7. The number of rotatable bonds is 11. The number of anilines is 3. The maximum absolute atomic E-state index is 14.0. The van der Waals surface area contributed by atoms with Crippen molar-refractivity contribution in [3.05, 3.63) is 102 Å². The van der Waals surface area contributed by atoms with Gasteiger partial charge >= 0.3 is 6.18 Å². The maximum atomic E-state index is 14.0. The molecule has 286 valence electrons. The molecule has 3 aromatic heterocycles. The Balaban J connectivity index is 0.942. The van der Waals surface area contributed by atoms with Crippen molar-refractivity contribution in [3.8, 4) is 17.1 Å². The first kappa shape index (κ1) is 37.2. The van der Waals surface area contributed by atoms with Gasteiger partial charge in [-0.1, -0.05) is 24.3 Å². The smallest absolute Gasteiger partial charge is 0.405 e. The van der Waals surface area contributed by atoms with Gasteiger partial charge in [-0.25, -0.2) is 23.4 Å². The van der Waals surface area contributed by atoms with E-state index in [1.54, 1.807) is 12.1 Å². The monoisotopic (exact) mass is 763 g/mol. The number of carbonyl (C=O) groups excluding carboxylic acids is 3. The predicted octanol–water partition coefficient (Wildman–Crippen LogP) is 5.93. The molecule has 2 aliphatic heterocycles. The van der Waals surface area contributed by atoms with Crippen molar-refractivity contribution in [1.29, 1.82) is 0 Å². The Morgan fingerprint density at radius 3 is 2.40 bits per heavy atom. The highest BCUT2D eigenvalue weighted by molar-refractivity contribution is 6.03. The van der Waals surface area contributed by atoms with E-state index < -0.39 is 30.7 Å². The van der Waals surface area contributed by atoms with Crippen LogP contribution in [0.5, 0.6) is 0 Å². The fourth-order valence-corrected chi connectivity index (χ4v) is 6.43. The van der Waals surface area contributed by atoms with Gasteiger partial charge in [-0.05, 0) is 53.9 Å². The van der Waals surface area contributed by atoms with Crippen LogP contribution in [0.3, 0.4) is 0 Å². The quantitative estimate of drug-likeness (QED) is 0.109. The minimum Gasteiger partial charge on any atom is -0.444 e. The van der Waals surface area contributed by atoms with Crippen molar-refractivity contribution in [2.24, 2.45) is 0 Å². The first-order valence-electron chi connectivity index (χ1n) is 17.3. The number of benzene rings is 2. The normalized spacial score (nSPS) is 16.7. The number of oxazole rings is 1. The zero-order valence-corrected chi connectivity index (χ0v) is 29.0. The van der Waals surface area contributed by atoms with Gasteiger partial charge in [-0.3, -0.25) is 24.6 Å². The zero-order valence-electron chi connectivity index (χ0n) is 29.0. The Labute approximate surface area is 310 Å². The highest BCUT2D eigenvalue weighted by Gasteiger charge is 2.29. The lowest BCUT2D eigenvalue weighted by Crippen LogP contribution is -2.45. The lowest BCUT2D eigenvalue weighted by molar-refractivity contribution is -0.134. The Hall–Kier alpha value is -6.17. The number of alkyl halides is 5. The molecular formula is C37H34F5N9O4. The zero-order chi connectivity index (χ0) is 38.7. The molecule has 0 radical (unpaired) electrons. The number of carbonyl (C=O) groups is 3. The molecule has 3 N–H and O–H groups in total. The van der Waals surface area contributed by atoms with E-state index in [9.17, 15) is 36.3 Å². The molecule has 2 saturated heterocycles. The van der Waals surface area contributed by atoms with E-state index in [4.69, 9.17) is 4.42 Å². The third kappa shape index (κ3) is 8.97. The number of hydrogen-bond donors (Lipinski definition) is 3. The van der Waals surface area contributed by atoms with Crippen LogP contribution >= 0.6 is 0 Å². The standard InChI is InChI=1S/C37H34F5N9O4/c38-33(39)32-28(45-35(54)29-20-55-36(46-29)24-11-12-43-30(17-24)44-21-37(40,41)42)19-51(48-32)26-7-5-25(6-8-26)50-15-13-49(14-16-50)18-22-1-3-23(4-2-22)27-9-10-31(52)47-34(27)53/h1-8,11-12,17,19-20,27,33H,9-10,13-16,18,21H2,(H,43,44)(H,45,54)(H,47,52,53). The fourth-order valence-electron chi connectivity index (χ4n) is 6.43. The molecule has 1 atom stereocenters. The summed E-state index contributed by atoms with van der Waals surface area (Å²) in [6.07, 6.45) is -3.11. The Morgan fingerprint density at radius 1 is 0.982 bits per heavy atom. The highest BCUT2D eigenvalue weighted by Crippen LogP contribution is 2.30. The van der Waals surface area contributed by atoms with Gasteiger partial charge in [0.25, 0.3) is 12.3 Å². The molecule has 2 aromatic carbocycles. The Kier molecular flexibility index (Phi) is 10.6. The molecule has 13 nitrogen and oxygen atoms in total. The van der Waals surface area contributed by atoms with E-state index in [1.165, 1.54) is 29.2 Å². The lowest BCUT2D eigenvalue weighted by atomic mass is 9.90. The van der Waals surface area contributed by atoms with Gasteiger partial charge in [-0.15, -0.1) is 0 Å². The molecule has 18 heteroatoms. The van der Waals surface area contributed by atoms with E-state index in [2.05, 4.69) is 40.8 Å². The van der Waals surface area contributed by atoms with Crippen LogP contribution < -0.4 is 20.9 Å². The summed E-state index contributed by atoms with van der Waals surface area (Å²) < 4.78 is 72.4. The molecule has 0 aliphatic carbocycles. The molecule has 55 heavy (non-hydrogen) atoms. The van der Waals surface area contributed by atoms with Crippen LogP contribution in [-0.2, 0) is 16.1 Å². The summed E-state index contributed by atoms with van der Waals surface area (Å²) in [7, 11) is 0. The summed E-state index contributed by atoms with van der Waals surface area (Å²) in [4.78, 5) is 49.2. The Morgan fingerprint density at radius 2 is 1.71 bits per heavy atom. The van der Waals surface area contributed by atoms with Crippen LogP contribution in [0.1, 0.15) is 52.5 Å². The molecule has 5 aromatic rings. The van der Waals surface area contributed by atoms with E-state index in [-0.39, 0.29) is 46.4 Å². The summed E-state index contributed by atoms with van der Waals surface area (Å²) in [6.45, 7) is 2.60. The minimum absolute atomic E-state index is 0.0896. The van der Waals surface area contributed by atoms with Gasteiger partial charge in [0, 0.05) is 56.6 Å². The third-order valence-electron chi connectivity index (χ3n) is 9.29. The number of halogens is 5. The second-order valence-electron chi connectivity index (χ2n) is 13.1. The van der Waals surface area contributed by atoms with Gasteiger partial charge in [0.1, 0.15) is 18.6 Å². The molecule has 2 aliphatic rings. The van der Waals surface area contributed by atoms with Crippen LogP contribution in [0, 0.1) is 0 Å². The lowest BCUT2D eigenvalue weighted by Gasteiger charge is -2.36. The number of aromatic nitrogens is 4. The summed E-state index contributed by atoms with van der Waals surface area (Å²) in [6, 6.07) is 17.9. The first-order valence-corrected chi connectivity index (χ1v) is 17.3. The predicted molar refractivity (Wildman–Crippen MR) is 190 cm³/mol. The molecule has 0 spiro atoms. The SMILES string of the molecule is O=C1CCC(c2ccc(CN3CCN(c4ccc(-n5cc(NC(=O)c6coc(-c7ccnc(NCC(F)(F)F)c7)n6)c(C(F)F)n5)cc4)CC3)cc2)C(=O)N1. The number of pyridine rings is 1. The molecule has 7 rings (SSSR count). The van der Waals surface area contributed by atoms with E-state index >= 15 is 0 Å². The number of hydrogen-bond acceptors (Lipinski definition) is 10. The number of piperidine rings is 1. The van der Waals surface area contributed by atoms with Crippen molar-refractivity contribution in [2.75, 3.05) is 48.3 Å². The van der Waals surface area contributed by atoms with E-state index in [0.717, 1.165) is 55.8 Å². The van der Waals surface area contributed by atoms with Crippen molar-refractivity contribution < 1.29 is 40.8 Å². The van der Waals surface area contributed by atoms with Gasteiger partial charge in [0.2, 0.25) is 17.7 Å². The Bertz CT molecular complexity index is 2160. The summed E-state index contributed by atoms with van der Waals surface area (Å²) in [5, 5.41) is 11.0.